The summed E-state index contributed by atoms with van der Waals surface area (Å²) in [5.41, 5.74) is -0.719. The maximum absolute atomic E-state index is 12.3. The van der Waals surface area contributed by atoms with Gasteiger partial charge < -0.3 is 15.3 Å². The number of hydrogen-bond acceptors (Lipinski definition) is 3. The zero-order chi connectivity index (χ0) is 21.9. The molecule has 0 amide bonds. The lowest BCUT2D eigenvalue weighted by Gasteiger charge is -2.66. The van der Waals surface area contributed by atoms with Gasteiger partial charge in [-0.2, -0.15) is 0 Å². The Morgan fingerprint density at radius 3 is 2.20 bits per heavy atom. The zero-order valence-corrected chi connectivity index (χ0v) is 20.2. The van der Waals surface area contributed by atoms with E-state index in [0.29, 0.717) is 24.2 Å². The molecule has 0 aromatic heterocycles. The first kappa shape index (κ1) is 23.1. The van der Waals surface area contributed by atoms with Crippen molar-refractivity contribution < 1.29 is 15.3 Å². The van der Waals surface area contributed by atoms with Gasteiger partial charge in [-0.05, 0) is 97.7 Å². The van der Waals surface area contributed by atoms with Crippen molar-refractivity contribution in [3.8, 4) is 0 Å². The molecule has 10 atom stereocenters. The Kier molecular flexibility index (Phi) is 6.17. The molecule has 0 radical (unpaired) electrons. The fourth-order valence-corrected chi connectivity index (χ4v) is 9.30. The second kappa shape index (κ2) is 8.03. The molecule has 3 nitrogen and oxygen atoms in total. The standard InChI is InChI=1S/C27H48O3/c1-17(2)7-6-8-18(3)21-9-10-22-26(21,5)14-12-23-25(4)13-11-20(28)15-19(25)16-24(29)27(22,23)30/h17-24,28-30H,6-16H2,1-5H3/t18-,19?,20+,21-,22-,23-,24-,25+,26-,27+/m1/s1. The molecule has 4 fully saturated rings. The van der Waals surface area contributed by atoms with Gasteiger partial charge in [-0.25, -0.2) is 0 Å². The molecule has 174 valence electrons. The van der Waals surface area contributed by atoms with Crippen LogP contribution in [0.2, 0.25) is 0 Å². The molecule has 4 aliphatic carbocycles. The lowest BCUT2D eigenvalue weighted by Crippen LogP contribution is -2.69. The van der Waals surface area contributed by atoms with Gasteiger partial charge in [-0.3, -0.25) is 0 Å². The van der Waals surface area contributed by atoms with Gasteiger partial charge in [0, 0.05) is 0 Å². The average molecular weight is 421 g/mol. The summed E-state index contributed by atoms with van der Waals surface area (Å²) in [6.07, 6.45) is 10.9. The van der Waals surface area contributed by atoms with E-state index < -0.39 is 11.7 Å². The van der Waals surface area contributed by atoms with Gasteiger partial charge in [0.2, 0.25) is 0 Å². The van der Waals surface area contributed by atoms with Gasteiger partial charge in [-0.15, -0.1) is 0 Å². The van der Waals surface area contributed by atoms with Gasteiger partial charge in [-0.1, -0.05) is 53.9 Å². The molecular formula is C27H48O3. The van der Waals surface area contributed by atoms with Crippen LogP contribution >= 0.6 is 0 Å². The molecule has 0 aliphatic heterocycles. The van der Waals surface area contributed by atoms with Crippen LogP contribution in [0.1, 0.15) is 105 Å². The molecule has 4 saturated carbocycles. The summed E-state index contributed by atoms with van der Waals surface area (Å²) in [7, 11) is 0. The van der Waals surface area contributed by atoms with Crippen LogP contribution in [0.25, 0.3) is 0 Å². The summed E-state index contributed by atoms with van der Waals surface area (Å²) in [6, 6.07) is 0. The van der Waals surface area contributed by atoms with E-state index in [1.807, 2.05) is 0 Å². The summed E-state index contributed by atoms with van der Waals surface area (Å²) in [5, 5.41) is 33.9. The van der Waals surface area contributed by atoms with Crippen LogP contribution < -0.4 is 0 Å². The SMILES string of the molecule is CC(C)CCC[C@@H](C)[C@H]1CC[C@@H]2[C@]1(C)CC[C@H]1[C@]2(O)[C@H](O)CC2C[C@@H](O)CC[C@@]21C. The lowest BCUT2D eigenvalue weighted by atomic mass is 9.42. The number of rotatable bonds is 5. The van der Waals surface area contributed by atoms with Gasteiger partial charge in [0.05, 0.1) is 17.8 Å². The van der Waals surface area contributed by atoms with Crippen molar-refractivity contribution in [2.45, 2.75) is 123 Å². The third-order valence-corrected chi connectivity index (χ3v) is 11.0. The topological polar surface area (TPSA) is 60.7 Å². The van der Waals surface area contributed by atoms with E-state index in [1.165, 1.54) is 32.1 Å². The first-order valence-electron chi connectivity index (χ1n) is 13.1. The van der Waals surface area contributed by atoms with Gasteiger partial charge in [0.25, 0.3) is 0 Å². The van der Waals surface area contributed by atoms with Crippen LogP contribution in [0.3, 0.4) is 0 Å². The molecule has 0 aromatic rings. The molecule has 1 unspecified atom stereocenters. The number of aliphatic hydroxyl groups is 3. The highest BCUT2D eigenvalue weighted by Gasteiger charge is 2.69. The fourth-order valence-electron chi connectivity index (χ4n) is 9.30. The molecule has 0 bridgehead atoms. The van der Waals surface area contributed by atoms with E-state index in [4.69, 9.17) is 0 Å². The lowest BCUT2D eigenvalue weighted by molar-refractivity contribution is -0.271. The second-order valence-corrected chi connectivity index (χ2v) is 12.9. The Morgan fingerprint density at radius 1 is 0.833 bits per heavy atom. The highest BCUT2D eigenvalue weighted by atomic mass is 16.3. The summed E-state index contributed by atoms with van der Waals surface area (Å²) in [4.78, 5) is 0. The predicted molar refractivity (Wildman–Crippen MR) is 122 cm³/mol. The van der Waals surface area contributed by atoms with Gasteiger partial charge in [0.1, 0.15) is 0 Å². The monoisotopic (exact) mass is 420 g/mol. The summed E-state index contributed by atoms with van der Waals surface area (Å²) in [5.74, 6) is 2.90. The Morgan fingerprint density at radius 2 is 1.50 bits per heavy atom. The van der Waals surface area contributed by atoms with Crippen LogP contribution in [-0.4, -0.2) is 33.1 Å². The van der Waals surface area contributed by atoms with Crippen molar-refractivity contribution in [1.29, 1.82) is 0 Å². The molecule has 4 rings (SSSR count). The van der Waals surface area contributed by atoms with E-state index in [2.05, 4.69) is 34.6 Å². The Hall–Kier alpha value is -0.120. The molecule has 0 aromatic carbocycles. The Balaban J connectivity index is 1.56. The molecular weight excluding hydrogens is 372 g/mol. The summed E-state index contributed by atoms with van der Waals surface area (Å²) < 4.78 is 0. The fraction of sp³-hybridized carbons (Fsp3) is 1.00. The van der Waals surface area contributed by atoms with Crippen LogP contribution in [0.15, 0.2) is 0 Å². The minimum absolute atomic E-state index is 0.0650. The second-order valence-electron chi connectivity index (χ2n) is 12.9. The maximum atomic E-state index is 12.3. The highest BCUT2D eigenvalue weighted by molar-refractivity contribution is 5.19. The molecule has 0 heterocycles. The molecule has 3 heteroatoms. The van der Waals surface area contributed by atoms with Crippen LogP contribution in [0.5, 0.6) is 0 Å². The number of aliphatic hydroxyl groups excluding tert-OH is 2. The number of hydrogen-bond donors (Lipinski definition) is 3. The van der Waals surface area contributed by atoms with Gasteiger partial charge >= 0.3 is 0 Å². The first-order valence-corrected chi connectivity index (χ1v) is 13.1. The first-order chi connectivity index (χ1) is 14.0. The molecule has 30 heavy (non-hydrogen) atoms. The van der Waals surface area contributed by atoms with Crippen molar-refractivity contribution in [3.63, 3.8) is 0 Å². The summed E-state index contributed by atoms with van der Waals surface area (Å²) in [6.45, 7) is 11.9. The van der Waals surface area contributed by atoms with Crippen LogP contribution in [-0.2, 0) is 0 Å². The van der Waals surface area contributed by atoms with Crippen molar-refractivity contribution in [2.75, 3.05) is 0 Å². The molecule has 0 saturated heterocycles. The zero-order valence-electron chi connectivity index (χ0n) is 20.2. The molecule has 3 N–H and O–H groups in total. The molecule has 0 spiro atoms. The van der Waals surface area contributed by atoms with Crippen molar-refractivity contribution >= 4 is 0 Å². The average Bonchev–Trinajstić information content (AvgIpc) is 3.02. The van der Waals surface area contributed by atoms with Gasteiger partial charge in [0.15, 0.2) is 0 Å². The summed E-state index contributed by atoms with van der Waals surface area (Å²) >= 11 is 0. The van der Waals surface area contributed by atoms with E-state index in [9.17, 15) is 15.3 Å². The Bertz CT molecular complexity index is 619. The van der Waals surface area contributed by atoms with Crippen molar-refractivity contribution in [2.24, 2.45) is 46.3 Å². The number of fused-ring (bicyclic) bond motifs is 5. The maximum Gasteiger partial charge on any atom is 0.0971 e. The normalized spacial score (nSPS) is 51.9. The Labute approximate surface area is 185 Å². The van der Waals surface area contributed by atoms with E-state index in [-0.39, 0.29) is 28.8 Å². The minimum Gasteiger partial charge on any atom is -0.393 e. The largest absolute Gasteiger partial charge is 0.393 e. The highest BCUT2D eigenvalue weighted by Crippen LogP contribution is 2.69. The van der Waals surface area contributed by atoms with Crippen LogP contribution in [0.4, 0.5) is 0 Å². The quantitative estimate of drug-likeness (QED) is 0.546. The third-order valence-electron chi connectivity index (χ3n) is 11.0. The van der Waals surface area contributed by atoms with Crippen molar-refractivity contribution in [3.05, 3.63) is 0 Å². The molecule has 4 aliphatic rings. The van der Waals surface area contributed by atoms with E-state index in [0.717, 1.165) is 38.0 Å². The van der Waals surface area contributed by atoms with E-state index >= 15 is 0 Å². The minimum atomic E-state index is -0.938. The van der Waals surface area contributed by atoms with E-state index in [1.54, 1.807) is 0 Å². The predicted octanol–water partition coefficient (Wildman–Crippen LogP) is 5.55. The smallest absolute Gasteiger partial charge is 0.0971 e. The third kappa shape index (κ3) is 3.41. The van der Waals surface area contributed by atoms with Crippen LogP contribution in [0, 0.1) is 46.3 Å². The van der Waals surface area contributed by atoms with Crippen molar-refractivity contribution in [1.82, 2.24) is 0 Å².